The Morgan fingerprint density at radius 2 is 1.79 bits per heavy atom. The lowest BCUT2D eigenvalue weighted by Crippen LogP contribution is -2.43. The second-order valence-electron chi connectivity index (χ2n) is 12.3. The van der Waals surface area contributed by atoms with Gasteiger partial charge in [-0.25, -0.2) is 4.79 Å². The summed E-state index contributed by atoms with van der Waals surface area (Å²) in [6, 6.07) is 20.0. The standard InChI is InChI=1S/C33H34N4O5/c1-31(2,3)36-30(40)35-21-8-7-9-22(18-21)41-17-16-33-15-14-32(4,42-33)26-27(33)29(39)37(28(26)38)25-13-12-20(19-34)23-10-5-6-11-24(23)25/h5-13,18,38-39H,14-17H2,1-4H3,(H2,35,36,40)/t32-,33-/m1/s1. The molecule has 9 heteroatoms. The fraction of sp³-hybridized carbons (Fsp3) is 0.333. The van der Waals surface area contributed by atoms with Crippen molar-refractivity contribution in [3.8, 4) is 29.3 Å². The topological polar surface area (TPSA) is 129 Å². The molecular weight excluding hydrogens is 532 g/mol. The fourth-order valence-corrected chi connectivity index (χ4v) is 6.41. The first-order valence-corrected chi connectivity index (χ1v) is 14.1. The Kier molecular flexibility index (Phi) is 6.35. The summed E-state index contributed by atoms with van der Waals surface area (Å²) in [6.45, 7) is 7.97. The van der Waals surface area contributed by atoms with Crippen molar-refractivity contribution in [2.75, 3.05) is 11.9 Å². The zero-order chi connectivity index (χ0) is 29.9. The van der Waals surface area contributed by atoms with Gasteiger partial charge in [0, 0.05) is 34.5 Å². The van der Waals surface area contributed by atoms with Crippen molar-refractivity contribution in [2.24, 2.45) is 0 Å². The number of carbonyl (C=O) groups excluding carboxylic acids is 1. The average Bonchev–Trinajstić information content (AvgIpc) is 3.51. The van der Waals surface area contributed by atoms with E-state index in [4.69, 9.17) is 9.47 Å². The fourth-order valence-electron chi connectivity index (χ4n) is 6.41. The number of hydrogen-bond acceptors (Lipinski definition) is 6. The van der Waals surface area contributed by atoms with E-state index in [-0.39, 0.29) is 23.3 Å². The van der Waals surface area contributed by atoms with Crippen LogP contribution >= 0.6 is 0 Å². The number of fused-ring (bicyclic) bond motifs is 6. The first kappa shape index (κ1) is 27.5. The molecule has 9 nitrogen and oxygen atoms in total. The number of nitrogens with zero attached hydrogens (tertiary/aromatic N) is 2. The summed E-state index contributed by atoms with van der Waals surface area (Å²) < 4.78 is 14.1. The van der Waals surface area contributed by atoms with Crippen molar-refractivity contribution in [3.63, 3.8) is 0 Å². The van der Waals surface area contributed by atoms with Crippen LogP contribution in [0.15, 0.2) is 60.7 Å². The minimum Gasteiger partial charge on any atom is -0.494 e. The maximum atomic E-state index is 12.3. The molecule has 4 aromatic rings. The van der Waals surface area contributed by atoms with Crippen LogP contribution in [0.5, 0.6) is 17.5 Å². The van der Waals surface area contributed by atoms with E-state index < -0.39 is 11.2 Å². The number of aromatic nitrogens is 1. The number of carbonyl (C=O) groups is 1. The van der Waals surface area contributed by atoms with Gasteiger partial charge in [-0.05, 0) is 64.8 Å². The van der Waals surface area contributed by atoms with Gasteiger partial charge in [-0.15, -0.1) is 0 Å². The predicted molar refractivity (Wildman–Crippen MR) is 159 cm³/mol. The summed E-state index contributed by atoms with van der Waals surface area (Å²) in [5, 5.41) is 40.0. The van der Waals surface area contributed by atoms with Gasteiger partial charge in [0.25, 0.3) is 0 Å². The van der Waals surface area contributed by atoms with Gasteiger partial charge in [0.05, 0.1) is 40.7 Å². The molecule has 6 rings (SSSR count). The molecule has 2 amide bonds. The van der Waals surface area contributed by atoms with E-state index in [1.807, 2.05) is 64.1 Å². The lowest BCUT2D eigenvalue weighted by atomic mass is 9.78. The Bertz CT molecular complexity index is 1760. The molecule has 4 N–H and O–H groups in total. The molecule has 2 atom stereocenters. The smallest absolute Gasteiger partial charge is 0.319 e. The van der Waals surface area contributed by atoms with Gasteiger partial charge in [-0.3, -0.25) is 4.57 Å². The van der Waals surface area contributed by atoms with Crippen molar-refractivity contribution in [1.29, 1.82) is 5.26 Å². The third-order valence-corrected chi connectivity index (χ3v) is 8.15. The Morgan fingerprint density at radius 1 is 1.05 bits per heavy atom. The van der Waals surface area contributed by atoms with E-state index in [0.29, 0.717) is 59.7 Å². The van der Waals surface area contributed by atoms with Crippen molar-refractivity contribution in [3.05, 3.63) is 77.4 Å². The van der Waals surface area contributed by atoms with Crippen LogP contribution in [-0.4, -0.2) is 33.0 Å². The SMILES string of the molecule is CC(C)(C)NC(=O)Nc1cccc(OCC[C@@]23CC[C@@](C)(O2)c2c3c(O)n(-c3ccc(C#N)c4ccccc34)c2O)c1. The zero-order valence-electron chi connectivity index (χ0n) is 24.1. The Labute approximate surface area is 244 Å². The van der Waals surface area contributed by atoms with Gasteiger partial charge in [-0.1, -0.05) is 30.3 Å². The first-order valence-electron chi connectivity index (χ1n) is 14.1. The Hall–Kier alpha value is -4.68. The number of nitrogens with one attached hydrogen (secondary N) is 2. The maximum Gasteiger partial charge on any atom is 0.319 e. The average molecular weight is 567 g/mol. The number of amides is 2. The van der Waals surface area contributed by atoms with E-state index >= 15 is 0 Å². The van der Waals surface area contributed by atoms with Gasteiger partial charge >= 0.3 is 6.03 Å². The summed E-state index contributed by atoms with van der Waals surface area (Å²) >= 11 is 0. The zero-order valence-corrected chi connectivity index (χ0v) is 24.1. The minimum atomic E-state index is -0.832. The largest absolute Gasteiger partial charge is 0.494 e. The third-order valence-electron chi connectivity index (χ3n) is 8.15. The van der Waals surface area contributed by atoms with Crippen LogP contribution < -0.4 is 15.4 Å². The van der Waals surface area contributed by atoms with Gasteiger partial charge in [0.15, 0.2) is 0 Å². The van der Waals surface area contributed by atoms with Gasteiger partial charge in [0.2, 0.25) is 11.8 Å². The predicted octanol–water partition coefficient (Wildman–Crippen LogP) is 6.54. The highest BCUT2D eigenvalue weighted by atomic mass is 16.5. The van der Waals surface area contributed by atoms with Crippen LogP contribution in [0.25, 0.3) is 16.5 Å². The van der Waals surface area contributed by atoms with Crippen molar-refractivity contribution in [2.45, 2.75) is 63.7 Å². The van der Waals surface area contributed by atoms with Crippen molar-refractivity contribution in [1.82, 2.24) is 9.88 Å². The molecule has 2 aliphatic heterocycles. The molecule has 42 heavy (non-hydrogen) atoms. The Balaban J connectivity index is 1.27. The van der Waals surface area contributed by atoms with Crippen LogP contribution in [0, 0.1) is 11.3 Å². The molecule has 3 heterocycles. The highest BCUT2D eigenvalue weighted by Crippen LogP contribution is 2.65. The molecule has 216 valence electrons. The van der Waals surface area contributed by atoms with Gasteiger partial charge in [0.1, 0.15) is 11.4 Å². The van der Waals surface area contributed by atoms with Crippen molar-refractivity contribution < 1.29 is 24.5 Å². The van der Waals surface area contributed by atoms with Gasteiger partial charge < -0.3 is 30.3 Å². The summed E-state index contributed by atoms with van der Waals surface area (Å²) in [7, 11) is 0. The highest BCUT2D eigenvalue weighted by molar-refractivity contribution is 5.95. The molecule has 0 unspecified atom stereocenters. The van der Waals surface area contributed by atoms with Crippen LogP contribution in [0.4, 0.5) is 10.5 Å². The second-order valence-corrected chi connectivity index (χ2v) is 12.3. The molecule has 2 aliphatic rings. The molecule has 1 fully saturated rings. The molecule has 1 aromatic heterocycles. The van der Waals surface area contributed by atoms with E-state index in [9.17, 15) is 20.3 Å². The number of aromatic hydroxyl groups is 2. The Morgan fingerprint density at radius 3 is 2.52 bits per heavy atom. The van der Waals surface area contributed by atoms with E-state index in [0.717, 1.165) is 10.8 Å². The lowest BCUT2D eigenvalue weighted by Gasteiger charge is -2.26. The molecular formula is C33H34N4O5. The van der Waals surface area contributed by atoms with Crippen LogP contribution in [-0.2, 0) is 15.9 Å². The number of hydrogen-bond donors (Lipinski definition) is 4. The number of urea groups is 1. The summed E-state index contributed by atoms with van der Waals surface area (Å²) in [6.07, 6.45) is 1.80. The number of rotatable bonds is 6. The summed E-state index contributed by atoms with van der Waals surface area (Å²) in [5.74, 6) is 0.458. The molecule has 0 aliphatic carbocycles. The van der Waals surface area contributed by atoms with Crippen LogP contribution in [0.3, 0.4) is 0 Å². The van der Waals surface area contributed by atoms with Crippen molar-refractivity contribution >= 4 is 22.5 Å². The molecule has 0 spiro atoms. The number of anilines is 1. The van der Waals surface area contributed by atoms with E-state index in [1.165, 1.54) is 4.57 Å². The van der Waals surface area contributed by atoms with E-state index in [2.05, 4.69) is 16.7 Å². The highest BCUT2D eigenvalue weighted by Gasteiger charge is 2.61. The minimum absolute atomic E-state index is 0.0605. The lowest BCUT2D eigenvalue weighted by molar-refractivity contribution is -0.0876. The van der Waals surface area contributed by atoms with Crippen LogP contribution in [0.1, 0.15) is 63.6 Å². The number of ether oxygens (including phenoxy) is 2. The molecule has 1 saturated heterocycles. The monoisotopic (exact) mass is 566 g/mol. The van der Waals surface area contributed by atoms with Gasteiger partial charge in [-0.2, -0.15) is 5.26 Å². The summed E-state index contributed by atoms with van der Waals surface area (Å²) in [5.41, 5.74) is 0.940. The summed E-state index contributed by atoms with van der Waals surface area (Å²) in [4.78, 5) is 12.3. The number of benzene rings is 3. The van der Waals surface area contributed by atoms with Crippen LogP contribution in [0.2, 0.25) is 0 Å². The quantitative estimate of drug-likeness (QED) is 0.210. The molecule has 2 bridgehead atoms. The normalized spacial score (nSPS) is 20.7. The molecule has 0 saturated carbocycles. The first-order chi connectivity index (χ1) is 19.9. The molecule has 3 aromatic carbocycles. The number of nitriles is 1. The molecule has 0 radical (unpaired) electrons. The third kappa shape index (κ3) is 4.48. The second kappa shape index (κ2) is 9.71. The maximum absolute atomic E-state index is 12.3. The van der Waals surface area contributed by atoms with E-state index in [1.54, 1.807) is 24.3 Å².